The van der Waals surface area contributed by atoms with Crippen molar-refractivity contribution in [1.29, 1.82) is 0 Å². The molecule has 7 heteroatoms. The average molecular weight is 281 g/mol. The average Bonchev–Trinajstić information content (AvgIpc) is 2.41. The van der Waals surface area contributed by atoms with E-state index in [1.54, 1.807) is 4.90 Å². The zero-order chi connectivity index (χ0) is 14.7. The normalized spacial score (nSPS) is 16.0. The summed E-state index contributed by atoms with van der Waals surface area (Å²) < 4.78 is 13.0. The van der Waals surface area contributed by atoms with Crippen LogP contribution in [0.25, 0.3) is 0 Å². The summed E-state index contributed by atoms with van der Waals surface area (Å²) in [4.78, 5) is 23.3. The molecule has 1 amide bonds. The number of anilines is 1. The monoisotopic (exact) mass is 281 g/mol. The molecular weight excluding hydrogens is 265 g/mol. The minimum absolute atomic E-state index is 0.0382. The van der Waals surface area contributed by atoms with Gasteiger partial charge in [0.15, 0.2) is 0 Å². The molecule has 1 fully saturated rings. The Labute approximate surface area is 115 Å². The lowest BCUT2D eigenvalue weighted by molar-refractivity contribution is -0.384. The van der Waals surface area contributed by atoms with Gasteiger partial charge in [-0.15, -0.1) is 0 Å². The van der Waals surface area contributed by atoms with Crippen LogP contribution in [0.5, 0.6) is 0 Å². The molecule has 1 aromatic carbocycles. The molecule has 6 nitrogen and oxygen atoms in total. The summed E-state index contributed by atoms with van der Waals surface area (Å²) in [5, 5.41) is 14.0. The van der Waals surface area contributed by atoms with Gasteiger partial charge in [0, 0.05) is 26.1 Å². The van der Waals surface area contributed by atoms with Gasteiger partial charge in [-0.1, -0.05) is 0 Å². The van der Waals surface area contributed by atoms with Crippen LogP contribution in [0, 0.1) is 15.9 Å². The van der Waals surface area contributed by atoms with Crippen molar-refractivity contribution in [3.8, 4) is 0 Å². The van der Waals surface area contributed by atoms with Crippen LogP contribution < -0.4 is 5.32 Å². The number of likely N-dealkylation sites (tertiary alicyclic amines) is 1. The highest BCUT2D eigenvalue weighted by Crippen LogP contribution is 2.27. The van der Waals surface area contributed by atoms with Crippen LogP contribution >= 0.6 is 0 Å². The SMILES string of the molecule is CC(=O)N1CCC(Nc2ccc(F)cc2[N+](=O)[O-])CC1. The standard InChI is InChI=1S/C13H16FN3O3/c1-9(18)16-6-4-11(5-7-16)15-12-3-2-10(14)8-13(12)17(19)20/h2-3,8,11,15H,4-7H2,1H3. The topological polar surface area (TPSA) is 75.5 Å². The molecule has 108 valence electrons. The summed E-state index contributed by atoms with van der Waals surface area (Å²) in [6.07, 6.45) is 1.43. The van der Waals surface area contributed by atoms with Crippen LogP contribution in [0.4, 0.5) is 15.8 Å². The van der Waals surface area contributed by atoms with Crippen molar-refractivity contribution in [3.63, 3.8) is 0 Å². The summed E-state index contributed by atoms with van der Waals surface area (Å²) in [5.41, 5.74) is 0.0525. The Hall–Kier alpha value is -2.18. The molecule has 1 aliphatic heterocycles. The van der Waals surface area contributed by atoms with Crippen LogP contribution in [-0.4, -0.2) is 34.9 Å². The van der Waals surface area contributed by atoms with Gasteiger partial charge in [-0.3, -0.25) is 14.9 Å². The molecule has 0 unspecified atom stereocenters. The number of carbonyl (C=O) groups excluding carboxylic acids is 1. The third kappa shape index (κ3) is 3.23. The van der Waals surface area contributed by atoms with E-state index >= 15 is 0 Å². The molecule has 0 spiro atoms. The Bertz CT molecular complexity index is 528. The van der Waals surface area contributed by atoms with Crippen molar-refractivity contribution in [2.24, 2.45) is 0 Å². The van der Waals surface area contributed by atoms with Crippen LogP contribution in [-0.2, 0) is 4.79 Å². The molecule has 0 radical (unpaired) electrons. The van der Waals surface area contributed by atoms with E-state index in [9.17, 15) is 19.3 Å². The highest BCUT2D eigenvalue weighted by Gasteiger charge is 2.23. The van der Waals surface area contributed by atoms with Crippen LogP contribution in [0.15, 0.2) is 18.2 Å². The van der Waals surface area contributed by atoms with Crippen molar-refractivity contribution in [3.05, 3.63) is 34.1 Å². The Morgan fingerprint density at radius 2 is 2.10 bits per heavy atom. The van der Waals surface area contributed by atoms with E-state index in [4.69, 9.17) is 0 Å². The van der Waals surface area contributed by atoms with Gasteiger partial charge in [0.1, 0.15) is 11.5 Å². The number of hydrogen-bond acceptors (Lipinski definition) is 4. The number of rotatable bonds is 3. The second kappa shape index (κ2) is 5.85. The predicted molar refractivity (Wildman–Crippen MR) is 72.0 cm³/mol. The summed E-state index contributed by atoms with van der Waals surface area (Å²) in [7, 11) is 0. The first-order chi connectivity index (χ1) is 9.47. The van der Waals surface area contributed by atoms with Gasteiger partial charge in [0.2, 0.25) is 5.91 Å². The largest absolute Gasteiger partial charge is 0.377 e. The van der Waals surface area contributed by atoms with Crippen LogP contribution in [0.1, 0.15) is 19.8 Å². The molecule has 0 saturated carbocycles. The van der Waals surface area contributed by atoms with Crippen molar-refractivity contribution in [1.82, 2.24) is 4.90 Å². The number of nitrogens with zero attached hydrogens (tertiary/aromatic N) is 2. The maximum Gasteiger partial charge on any atom is 0.295 e. The highest BCUT2D eigenvalue weighted by molar-refractivity contribution is 5.73. The lowest BCUT2D eigenvalue weighted by Crippen LogP contribution is -2.41. The fourth-order valence-electron chi connectivity index (χ4n) is 2.34. The fourth-order valence-corrected chi connectivity index (χ4v) is 2.34. The molecule has 1 saturated heterocycles. The lowest BCUT2D eigenvalue weighted by Gasteiger charge is -2.32. The first-order valence-electron chi connectivity index (χ1n) is 6.43. The van der Waals surface area contributed by atoms with E-state index in [0.29, 0.717) is 31.6 Å². The third-order valence-corrected chi connectivity index (χ3v) is 3.46. The minimum Gasteiger partial charge on any atom is -0.377 e. The number of carbonyl (C=O) groups is 1. The molecule has 0 bridgehead atoms. The number of benzene rings is 1. The molecule has 2 rings (SSSR count). The predicted octanol–water partition coefficient (Wildman–Crippen LogP) is 2.16. The van der Waals surface area contributed by atoms with E-state index in [2.05, 4.69) is 5.32 Å². The third-order valence-electron chi connectivity index (χ3n) is 3.46. The van der Waals surface area contributed by atoms with Crippen LogP contribution in [0.2, 0.25) is 0 Å². The van der Waals surface area contributed by atoms with Gasteiger partial charge in [-0.05, 0) is 25.0 Å². The first-order valence-corrected chi connectivity index (χ1v) is 6.43. The summed E-state index contributed by atoms with van der Waals surface area (Å²) in [6, 6.07) is 3.53. The molecule has 1 heterocycles. The molecule has 0 aromatic heterocycles. The van der Waals surface area contributed by atoms with E-state index in [-0.39, 0.29) is 17.6 Å². The van der Waals surface area contributed by atoms with Crippen LogP contribution in [0.3, 0.4) is 0 Å². The Kier molecular flexibility index (Phi) is 4.16. The van der Waals surface area contributed by atoms with E-state index in [1.807, 2.05) is 0 Å². The second-order valence-electron chi connectivity index (χ2n) is 4.84. The van der Waals surface area contributed by atoms with Gasteiger partial charge in [-0.25, -0.2) is 4.39 Å². The zero-order valence-electron chi connectivity index (χ0n) is 11.1. The summed E-state index contributed by atoms with van der Waals surface area (Å²) in [6.45, 7) is 2.78. The fraction of sp³-hybridized carbons (Fsp3) is 0.462. The van der Waals surface area contributed by atoms with Crippen molar-refractivity contribution in [2.45, 2.75) is 25.8 Å². The van der Waals surface area contributed by atoms with Gasteiger partial charge in [0.25, 0.3) is 5.69 Å². The lowest BCUT2D eigenvalue weighted by atomic mass is 10.0. The number of halogens is 1. The quantitative estimate of drug-likeness (QED) is 0.680. The van der Waals surface area contributed by atoms with E-state index in [1.165, 1.54) is 19.1 Å². The molecule has 1 N–H and O–H groups in total. The summed E-state index contributed by atoms with van der Waals surface area (Å²) in [5.74, 6) is -0.593. The van der Waals surface area contributed by atoms with Gasteiger partial charge < -0.3 is 10.2 Å². The summed E-state index contributed by atoms with van der Waals surface area (Å²) >= 11 is 0. The van der Waals surface area contributed by atoms with E-state index in [0.717, 1.165) is 6.07 Å². The zero-order valence-corrected chi connectivity index (χ0v) is 11.1. The van der Waals surface area contributed by atoms with E-state index < -0.39 is 10.7 Å². The van der Waals surface area contributed by atoms with Crippen molar-refractivity contribution >= 4 is 17.3 Å². The molecule has 0 aliphatic carbocycles. The number of nitro groups is 1. The molecular formula is C13H16FN3O3. The number of amides is 1. The number of piperidine rings is 1. The molecule has 0 atom stereocenters. The minimum atomic E-state index is -0.631. The first kappa shape index (κ1) is 14.2. The van der Waals surface area contributed by atoms with Gasteiger partial charge >= 0.3 is 0 Å². The smallest absolute Gasteiger partial charge is 0.295 e. The number of nitrogens with one attached hydrogen (secondary N) is 1. The number of hydrogen-bond donors (Lipinski definition) is 1. The molecule has 1 aliphatic rings. The Balaban J connectivity index is 2.04. The number of nitro benzene ring substituents is 1. The maximum absolute atomic E-state index is 13.0. The van der Waals surface area contributed by atoms with Gasteiger partial charge in [0.05, 0.1) is 11.0 Å². The molecule has 1 aromatic rings. The van der Waals surface area contributed by atoms with Gasteiger partial charge in [-0.2, -0.15) is 0 Å². The Morgan fingerprint density at radius 3 is 2.65 bits per heavy atom. The maximum atomic E-state index is 13.0. The highest BCUT2D eigenvalue weighted by atomic mass is 19.1. The van der Waals surface area contributed by atoms with Crippen molar-refractivity contribution < 1.29 is 14.1 Å². The second-order valence-corrected chi connectivity index (χ2v) is 4.84. The molecule has 20 heavy (non-hydrogen) atoms. The van der Waals surface area contributed by atoms with Crippen molar-refractivity contribution in [2.75, 3.05) is 18.4 Å². The Morgan fingerprint density at radius 1 is 1.45 bits per heavy atom.